The molecule has 3 aromatic rings. The molecule has 152 valence electrons. The zero-order valence-electron chi connectivity index (χ0n) is 17.7. The van der Waals surface area contributed by atoms with Crippen LogP contribution in [0.15, 0.2) is 91.0 Å². The quantitative estimate of drug-likeness (QED) is 0.418. The molecule has 3 aromatic carbocycles. The molecule has 0 bridgehead atoms. The summed E-state index contributed by atoms with van der Waals surface area (Å²) in [5, 5.41) is 2.72. The zero-order chi connectivity index (χ0) is 19.9. The van der Waals surface area contributed by atoms with E-state index >= 15 is 0 Å². The molecule has 1 aliphatic heterocycles. The molecular weight excluding hydrogens is 411 g/mol. The van der Waals surface area contributed by atoms with E-state index in [1.165, 1.54) is 61.8 Å². The molecule has 0 radical (unpaired) electrons. The Morgan fingerprint density at radius 2 is 0.621 bits per heavy atom. The summed E-state index contributed by atoms with van der Waals surface area (Å²) in [6, 6.07) is 35.0. The molecule has 0 saturated carbocycles. The first kappa shape index (κ1) is 20.5. The topological polar surface area (TPSA) is 0 Å². The minimum atomic E-state index is -3.29. The third-order valence-electron chi connectivity index (χ3n) is 7.19. The molecule has 0 aromatic heterocycles. The van der Waals surface area contributed by atoms with Crippen molar-refractivity contribution in [2.24, 2.45) is 0 Å². The van der Waals surface area contributed by atoms with E-state index in [9.17, 15) is 0 Å². The van der Waals surface area contributed by atoms with Gasteiger partial charge in [-0.3, -0.25) is 0 Å². The van der Waals surface area contributed by atoms with Crippen LogP contribution in [0.4, 0.5) is 0 Å². The average molecular weight is 447 g/mol. The van der Waals surface area contributed by atoms with Gasteiger partial charge in [-0.1, -0.05) is 0 Å². The maximum absolute atomic E-state index is 3.29. The van der Waals surface area contributed by atoms with Crippen molar-refractivity contribution in [3.8, 4) is 0 Å². The summed E-state index contributed by atoms with van der Waals surface area (Å²) in [6.45, 7) is 0. The van der Waals surface area contributed by atoms with Gasteiger partial charge in [0.15, 0.2) is 0 Å². The molecular formula is C28H35As. The predicted molar refractivity (Wildman–Crippen MR) is 131 cm³/mol. The van der Waals surface area contributed by atoms with Crippen molar-refractivity contribution in [2.75, 3.05) is 0 Å². The number of hydrogen-bond acceptors (Lipinski definition) is 0. The molecule has 1 fully saturated rings. The van der Waals surface area contributed by atoms with Crippen molar-refractivity contribution < 1.29 is 0 Å². The fourth-order valence-corrected chi connectivity index (χ4v) is 20.8. The zero-order valence-corrected chi connectivity index (χ0v) is 19.6. The molecule has 0 unspecified atom stereocenters. The van der Waals surface area contributed by atoms with Gasteiger partial charge >= 0.3 is 178 Å². The van der Waals surface area contributed by atoms with Crippen LogP contribution in [0.25, 0.3) is 0 Å². The molecule has 0 amide bonds. The first-order valence-corrected chi connectivity index (χ1v) is 17.0. The Balaban J connectivity index is 2.02. The van der Waals surface area contributed by atoms with Crippen molar-refractivity contribution in [3.05, 3.63) is 91.0 Å². The summed E-state index contributed by atoms with van der Waals surface area (Å²) < 4.78 is 4.92. The minimum absolute atomic E-state index is 1.35. The van der Waals surface area contributed by atoms with Crippen molar-refractivity contribution in [1.82, 2.24) is 0 Å². The summed E-state index contributed by atoms with van der Waals surface area (Å²) >= 11 is -3.29. The van der Waals surface area contributed by atoms with Gasteiger partial charge < -0.3 is 0 Å². The molecule has 1 heteroatoms. The predicted octanol–water partition coefficient (Wildman–Crippen LogP) is 6.25. The Bertz CT molecular complexity index is 755. The molecule has 1 aliphatic rings. The van der Waals surface area contributed by atoms with Crippen LogP contribution in [0.3, 0.4) is 0 Å². The van der Waals surface area contributed by atoms with Crippen LogP contribution in [0.1, 0.15) is 51.4 Å². The maximum atomic E-state index is 2.46. The molecule has 1 heterocycles. The Kier molecular flexibility index (Phi) is 6.61. The molecule has 0 nitrogen and oxygen atoms in total. The van der Waals surface area contributed by atoms with Gasteiger partial charge in [-0.15, -0.1) is 0 Å². The third kappa shape index (κ3) is 3.85. The second-order valence-corrected chi connectivity index (χ2v) is 20.2. The van der Waals surface area contributed by atoms with Crippen LogP contribution < -0.4 is 13.1 Å². The summed E-state index contributed by atoms with van der Waals surface area (Å²) in [4.78, 5) is 0. The van der Waals surface area contributed by atoms with Gasteiger partial charge in [0.05, 0.1) is 0 Å². The van der Waals surface area contributed by atoms with E-state index < -0.39 is 12.5 Å². The fourth-order valence-electron chi connectivity index (χ4n) is 5.68. The first-order chi connectivity index (χ1) is 14.4. The molecule has 0 aliphatic carbocycles. The molecule has 0 atom stereocenters. The van der Waals surface area contributed by atoms with E-state index in [1.54, 1.807) is 13.1 Å². The van der Waals surface area contributed by atoms with Gasteiger partial charge in [-0.05, 0) is 0 Å². The second kappa shape index (κ2) is 9.35. The summed E-state index contributed by atoms with van der Waals surface area (Å²) in [6.07, 6.45) is 11.1. The second-order valence-electron chi connectivity index (χ2n) is 8.79. The fraction of sp³-hybridized carbons (Fsp3) is 0.357. The average Bonchev–Trinajstić information content (AvgIpc) is 2.86. The van der Waals surface area contributed by atoms with Gasteiger partial charge in [0, 0.05) is 0 Å². The van der Waals surface area contributed by atoms with Crippen LogP contribution >= 0.6 is 0 Å². The van der Waals surface area contributed by atoms with Crippen LogP contribution in [0.2, 0.25) is 10.4 Å². The standard InChI is InChI=1S/C28H35As/c1-2-4-6-17-25-29(24-16-5-3-1,26-18-10-7-11-19-26,27-20-12-8-13-21-27)28-22-14-9-15-23-28/h7-15,18-23H,1-6,16-17,24-25H2. The van der Waals surface area contributed by atoms with Crippen LogP contribution in [-0.2, 0) is 0 Å². The Labute approximate surface area is 178 Å². The van der Waals surface area contributed by atoms with E-state index in [-0.39, 0.29) is 0 Å². The van der Waals surface area contributed by atoms with Crippen LogP contribution in [0.5, 0.6) is 0 Å². The van der Waals surface area contributed by atoms with E-state index in [1.807, 2.05) is 0 Å². The summed E-state index contributed by atoms with van der Waals surface area (Å²) in [5.74, 6) is 0. The molecule has 1 saturated heterocycles. The Morgan fingerprint density at radius 1 is 0.345 bits per heavy atom. The summed E-state index contributed by atoms with van der Waals surface area (Å²) in [7, 11) is 0. The first-order valence-electron chi connectivity index (χ1n) is 11.5. The number of hydrogen-bond donors (Lipinski definition) is 0. The van der Waals surface area contributed by atoms with Crippen molar-refractivity contribution in [1.29, 1.82) is 0 Å². The van der Waals surface area contributed by atoms with Crippen LogP contribution in [0, 0.1) is 0 Å². The van der Waals surface area contributed by atoms with E-state index in [2.05, 4.69) is 91.0 Å². The molecule has 0 N–H and O–H groups in total. The van der Waals surface area contributed by atoms with Gasteiger partial charge in [0.1, 0.15) is 0 Å². The monoisotopic (exact) mass is 446 g/mol. The van der Waals surface area contributed by atoms with E-state index in [0.717, 1.165) is 0 Å². The van der Waals surface area contributed by atoms with Gasteiger partial charge in [-0.2, -0.15) is 0 Å². The van der Waals surface area contributed by atoms with Crippen molar-refractivity contribution in [3.63, 3.8) is 0 Å². The van der Waals surface area contributed by atoms with Gasteiger partial charge in [0.2, 0.25) is 0 Å². The SMILES string of the molecule is c1ccc([As]2(c3ccccc3)(c3ccccc3)CCCCCCCCCC2)cc1. The van der Waals surface area contributed by atoms with E-state index in [0.29, 0.717) is 0 Å². The third-order valence-corrected chi connectivity index (χ3v) is 22.4. The van der Waals surface area contributed by atoms with Crippen molar-refractivity contribution in [2.45, 2.75) is 61.8 Å². The molecule has 29 heavy (non-hydrogen) atoms. The molecule has 0 spiro atoms. The molecule has 4 rings (SSSR count). The normalized spacial score (nSPS) is 21.2. The Hall–Kier alpha value is -1.78. The number of rotatable bonds is 3. The number of benzene rings is 3. The van der Waals surface area contributed by atoms with Gasteiger partial charge in [0.25, 0.3) is 0 Å². The van der Waals surface area contributed by atoms with Crippen LogP contribution in [-0.4, -0.2) is 12.5 Å². The van der Waals surface area contributed by atoms with E-state index in [4.69, 9.17) is 0 Å². The van der Waals surface area contributed by atoms with Crippen molar-refractivity contribution >= 4 is 25.5 Å². The van der Waals surface area contributed by atoms with Gasteiger partial charge in [-0.25, -0.2) is 0 Å². The Morgan fingerprint density at radius 3 is 0.931 bits per heavy atom. The summed E-state index contributed by atoms with van der Waals surface area (Å²) in [5.41, 5.74) is 0.